The first-order chi connectivity index (χ1) is 20.6. The SMILES string of the molecule is CC(C)(C)c1ccc2c(c1)[cH-]c1cc(C(C)(C)C)ccc12.CC1=CC(C)[C-]=C1.Cc1ccc([C](=[Zr+2])c2ccc(C)cc2)cc1. The number of allylic oxidation sites excluding steroid dienone is 4. The van der Waals surface area contributed by atoms with Crippen molar-refractivity contribution in [2.24, 2.45) is 5.92 Å². The molecule has 0 bridgehead atoms. The number of hydrogen-bond acceptors (Lipinski definition) is 0. The molecule has 0 saturated heterocycles. The molecule has 1 atom stereocenters. The molecule has 5 aromatic rings. The molecule has 0 saturated carbocycles. The van der Waals surface area contributed by atoms with E-state index in [0.717, 1.165) is 0 Å². The van der Waals surface area contributed by atoms with Crippen LogP contribution in [0.2, 0.25) is 0 Å². The van der Waals surface area contributed by atoms with E-state index in [1.54, 1.807) is 0 Å². The third-order valence-corrected chi connectivity index (χ3v) is 9.62. The second-order valence-electron chi connectivity index (χ2n) is 14.4. The zero-order valence-corrected chi connectivity index (χ0v) is 30.9. The average Bonchev–Trinajstić information content (AvgIpc) is 3.53. The molecule has 0 N–H and O–H groups in total. The molecular weight excluding hydrogens is 608 g/mol. The molecule has 0 aliphatic heterocycles. The molecule has 0 fully saturated rings. The second-order valence-corrected chi connectivity index (χ2v) is 15.6. The third-order valence-electron chi connectivity index (χ3n) is 8.20. The van der Waals surface area contributed by atoms with Crippen molar-refractivity contribution in [1.82, 2.24) is 0 Å². The Bertz CT molecular complexity index is 1670. The first-order valence-electron chi connectivity index (χ1n) is 15.8. The Kier molecular flexibility index (Phi) is 10.7. The van der Waals surface area contributed by atoms with Crippen LogP contribution in [0.25, 0.3) is 21.5 Å². The van der Waals surface area contributed by atoms with Crippen LogP contribution in [0.15, 0.2) is 109 Å². The van der Waals surface area contributed by atoms with Crippen LogP contribution in [0.4, 0.5) is 0 Å². The van der Waals surface area contributed by atoms with Crippen LogP contribution in [0, 0.1) is 25.8 Å². The molecule has 0 radical (unpaired) electrons. The molecule has 0 heterocycles. The topological polar surface area (TPSA) is 0 Å². The van der Waals surface area contributed by atoms with Gasteiger partial charge in [0.1, 0.15) is 0 Å². The van der Waals surface area contributed by atoms with Gasteiger partial charge in [-0.15, -0.1) is 46.7 Å². The zero-order valence-electron chi connectivity index (χ0n) is 28.4. The molecule has 44 heavy (non-hydrogen) atoms. The van der Waals surface area contributed by atoms with E-state index >= 15 is 0 Å². The van der Waals surface area contributed by atoms with Gasteiger partial charge in [0.25, 0.3) is 0 Å². The summed E-state index contributed by atoms with van der Waals surface area (Å²) in [6, 6.07) is 33.7. The minimum atomic E-state index is 0.203. The summed E-state index contributed by atoms with van der Waals surface area (Å²) in [4.78, 5) is 0. The molecule has 0 aromatic heterocycles. The van der Waals surface area contributed by atoms with E-state index in [1.165, 1.54) is 87.9 Å². The molecule has 1 aliphatic rings. The van der Waals surface area contributed by atoms with Crippen molar-refractivity contribution in [1.29, 1.82) is 0 Å². The van der Waals surface area contributed by atoms with Crippen LogP contribution < -0.4 is 0 Å². The number of benzene rings is 4. The fourth-order valence-corrected chi connectivity index (χ4v) is 6.14. The van der Waals surface area contributed by atoms with Crippen LogP contribution in [0.5, 0.6) is 0 Å². The van der Waals surface area contributed by atoms with Crippen molar-refractivity contribution < 1.29 is 24.2 Å². The Morgan fingerprint density at radius 1 is 0.636 bits per heavy atom. The number of aryl methyl sites for hydroxylation is 2. The molecule has 1 heteroatoms. The summed E-state index contributed by atoms with van der Waals surface area (Å²) >= 11 is 1.46. The summed E-state index contributed by atoms with van der Waals surface area (Å²) in [5, 5.41) is 5.48. The van der Waals surface area contributed by atoms with E-state index in [-0.39, 0.29) is 10.8 Å². The van der Waals surface area contributed by atoms with E-state index in [2.05, 4.69) is 172 Å². The molecular formula is C43H48Zr. The Balaban J connectivity index is 0.000000169. The van der Waals surface area contributed by atoms with Gasteiger partial charge in [-0.1, -0.05) is 89.8 Å². The van der Waals surface area contributed by atoms with Crippen LogP contribution in [0.3, 0.4) is 0 Å². The molecule has 0 amide bonds. The van der Waals surface area contributed by atoms with Gasteiger partial charge in [0.2, 0.25) is 0 Å². The normalized spacial score (nSPS) is 14.5. The number of fused-ring (bicyclic) bond motifs is 3. The molecule has 224 valence electrons. The predicted octanol–water partition coefficient (Wildman–Crippen LogP) is 11.7. The Morgan fingerprint density at radius 2 is 1.05 bits per heavy atom. The molecule has 5 aromatic carbocycles. The molecule has 1 unspecified atom stereocenters. The zero-order chi connectivity index (χ0) is 32.2. The third kappa shape index (κ3) is 8.79. The van der Waals surface area contributed by atoms with E-state index in [4.69, 9.17) is 0 Å². The Labute approximate surface area is 281 Å². The summed E-state index contributed by atoms with van der Waals surface area (Å²) in [7, 11) is 0. The van der Waals surface area contributed by atoms with Gasteiger partial charge >= 0.3 is 112 Å². The van der Waals surface area contributed by atoms with Crippen molar-refractivity contribution in [3.63, 3.8) is 0 Å². The molecule has 0 nitrogen and oxygen atoms in total. The van der Waals surface area contributed by atoms with Gasteiger partial charge < -0.3 is 0 Å². The molecule has 6 rings (SSSR count). The summed E-state index contributed by atoms with van der Waals surface area (Å²) in [5.41, 5.74) is 9.87. The van der Waals surface area contributed by atoms with E-state index in [0.29, 0.717) is 5.92 Å². The Hall–Kier alpha value is -3.02. The van der Waals surface area contributed by atoms with Crippen LogP contribution in [0.1, 0.15) is 88.8 Å². The van der Waals surface area contributed by atoms with Crippen molar-refractivity contribution in [2.45, 2.75) is 80.1 Å². The first-order valence-corrected chi connectivity index (χ1v) is 17.0. The van der Waals surface area contributed by atoms with E-state index in [1.807, 2.05) is 6.08 Å². The maximum atomic E-state index is 3.15. The second kappa shape index (κ2) is 14.0. The van der Waals surface area contributed by atoms with Gasteiger partial charge in [-0.25, -0.2) is 11.6 Å². The van der Waals surface area contributed by atoms with Crippen molar-refractivity contribution in [3.05, 3.63) is 148 Å². The van der Waals surface area contributed by atoms with Gasteiger partial charge in [-0.05, 0) is 10.8 Å². The van der Waals surface area contributed by atoms with E-state index in [9.17, 15) is 0 Å². The summed E-state index contributed by atoms with van der Waals surface area (Å²) in [5.74, 6) is 0.556. The monoisotopic (exact) mass is 654 g/mol. The quantitative estimate of drug-likeness (QED) is 0.166. The van der Waals surface area contributed by atoms with Gasteiger partial charge in [0.05, 0.1) is 0 Å². The van der Waals surface area contributed by atoms with Gasteiger partial charge in [-0.3, -0.25) is 6.08 Å². The fraction of sp³-hybridized carbons (Fsp3) is 0.302. The first kappa shape index (κ1) is 33.9. The van der Waals surface area contributed by atoms with Gasteiger partial charge in [0, 0.05) is 0 Å². The average molecular weight is 656 g/mol. The van der Waals surface area contributed by atoms with Crippen LogP contribution >= 0.6 is 0 Å². The van der Waals surface area contributed by atoms with Crippen molar-refractivity contribution in [2.75, 3.05) is 0 Å². The number of rotatable bonds is 2. The van der Waals surface area contributed by atoms with Crippen molar-refractivity contribution >= 4 is 24.8 Å². The summed E-state index contributed by atoms with van der Waals surface area (Å²) in [6.45, 7) is 22.1. The summed E-state index contributed by atoms with van der Waals surface area (Å²) < 4.78 is 1.42. The molecule has 0 spiro atoms. The summed E-state index contributed by atoms with van der Waals surface area (Å²) in [6.07, 6.45) is 7.38. The van der Waals surface area contributed by atoms with E-state index < -0.39 is 0 Å². The van der Waals surface area contributed by atoms with Crippen LogP contribution in [-0.4, -0.2) is 3.21 Å². The number of hydrogen-bond donors (Lipinski definition) is 0. The Morgan fingerprint density at radius 3 is 1.34 bits per heavy atom. The van der Waals surface area contributed by atoms with Crippen LogP contribution in [-0.2, 0) is 35.1 Å². The minimum absolute atomic E-state index is 0.203. The predicted molar refractivity (Wildman–Crippen MR) is 191 cm³/mol. The maximum absolute atomic E-state index is 3.15. The standard InChI is InChI=1S/C21H25.C15H14.C7H9.Zr/c1-20(2,3)16-7-9-18-14(12-16)11-15-13-17(21(4,5)6)8-10-19(15)18;1-12-3-7-14(8-4-12)11-15-9-5-13(2)6-10-15;1-6-3-4-7(2)5-6;/h7-13H,1-6H3;3-10H,1-2H3;3,5,7H,1-2H3;/q-1;;-1;+2. The van der Waals surface area contributed by atoms with Crippen molar-refractivity contribution in [3.8, 4) is 0 Å². The fourth-order valence-electron chi connectivity index (χ4n) is 5.32. The van der Waals surface area contributed by atoms with Gasteiger partial charge in [-0.2, -0.15) is 6.08 Å². The van der Waals surface area contributed by atoms with Gasteiger partial charge in [0.15, 0.2) is 0 Å². The molecule has 1 aliphatic carbocycles.